The molecule has 494 valence electrons. The Morgan fingerprint density at radius 3 is 0.929 bits per heavy atom. The van der Waals surface area contributed by atoms with E-state index in [0.717, 1.165) is 57.8 Å². The number of aliphatic hydroxyl groups excluding tert-OH is 2. The van der Waals surface area contributed by atoms with Crippen LogP contribution in [0, 0.1) is 0 Å². The maximum Gasteiger partial charge on any atom is 0.305 e. The van der Waals surface area contributed by atoms with E-state index in [0.29, 0.717) is 25.9 Å². The quantitative estimate of drug-likeness (QED) is 0.0320. The number of unbranched alkanes of at least 4 members (excludes halogenated alkanes) is 52. The van der Waals surface area contributed by atoms with Gasteiger partial charge in [-0.05, 0) is 89.9 Å². The van der Waals surface area contributed by atoms with Crippen LogP contribution in [0.3, 0.4) is 0 Å². The Morgan fingerprint density at radius 1 is 0.333 bits per heavy atom. The third-order valence-electron chi connectivity index (χ3n) is 17.6. The molecule has 6 heteroatoms. The lowest BCUT2D eigenvalue weighted by atomic mass is 10.0. The minimum Gasteiger partial charge on any atom is -0.466 e. The Balaban J connectivity index is 3.37. The zero-order chi connectivity index (χ0) is 60.6. The summed E-state index contributed by atoms with van der Waals surface area (Å²) < 4.78 is 5.49. The number of ether oxygens (including phenoxy) is 1. The molecule has 0 radical (unpaired) electrons. The Kier molecular flexibility index (Phi) is 71.4. The highest BCUT2D eigenvalue weighted by atomic mass is 16.5. The highest BCUT2D eigenvalue weighted by molar-refractivity contribution is 5.76. The van der Waals surface area contributed by atoms with E-state index < -0.39 is 12.1 Å². The van der Waals surface area contributed by atoms with Crippen LogP contribution in [-0.4, -0.2) is 47.4 Å². The first kappa shape index (κ1) is 81.8. The number of carbonyl (C=O) groups excluding carboxylic acids is 2. The van der Waals surface area contributed by atoms with Gasteiger partial charge in [0.25, 0.3) is 0 Å². The molecule has 84 heavy (non-hydrogen) atoms. The number of hydrogen-bond donors (Lipinski definition) is 3. The molecule has 1 amide bonds. The van der Waals surface area contributed by atoms with E-state index in [-0.39, 0.29) is 18.5 Å². The van der Waals surface area contributed by atoms with Crippen molar-refractivity contribution in [2.45, 2.75) is 424 Å². The van der Waals surface area contributed by atoms with Crippen LogP contribution >= 0.6 is 0 Å². The van der Waals surface area contributed by atoms with E-state index in [9.17, 15) is 19.8 Å². The second kappa shape index (κ2) is 73.3. The SMILES string of the molecule is CCCCC/C=C\C/C=C\CCCCCCCC(=O)OCCCCCCCCCCCCC/C=C\C/C=C\CCCCCCCCCCCCCCCCCCCC(=O)NC(CO)C(O)CCCCCCCCCCCCCCCCCCC. The van der Waals surface area contributed by atoms with Crippen molar-refractivity contribution in [1.29, 1.82) is 0 Å². The van der Waals surface area contributed by atoms with E-state index in [1.54, 1.807) is 0 Å². The van der Waals surface area contributed by atoms with Gasteiger partial charge < -0.3 is 20.3 Å². The molecule has 0 rings (SSSR count). The van der Waals surface area contributed by atoms with Crippen LogP contribution in [0.25, 0.3) is 0 Å². The highest BCUT2D eigenvalue weighted by Crippen LogP contribution is 2.19. The Labute approximate surface area is 525 Å². The standard InChI is InChI=1S/C78H147NO5/c1-3-5-7-9-11-13-15-17-19-39-43-46-50-54-58-62-66-70-76(81)75(74-80)79-77(82)71-67-63-59-55-51-47-44-40-37-35-33-31-29-27-25-23-21-20-22-24-26-28-30-32-34-36-38-41-45-49-53-57-61-65-69-73-84-78(83)72-68-64-60-56-52-48-42-18-16-14-12-10-8-6-4-2/h12,14,18,22,24,28,30,42,75-76,80-81H,3-11,13,15-17,19-21,23,25-27,29,31-41,43-74H2,1-2H3,(H,79,82)/b14-12-,24-22-,30-28-,42-18-. The molecule has 0 aliphatic heterocycles. The lowest BCUT2D eigenvalue weighted by Crippen LogP contribution is -2.45. The Hall–Kier alpha value is -2.18. The van der Waals surface area contributed by atoms with Gasteiger partial charge >= 0.3 is 5.97 Å². The van der Waals surface area contributed by atoms with Crippen LogP contribution in [0.1, 0.15) is 412 Å². The van der Waals surface area contributed by atoms with E-state index in [1.807, 2.05) is 0 Å². The number of amides is 1. The molecule has 2 unspecified atom stereocenters. The number of carbonyl (C=O) groups is 2. The molecule has 0 bridgehead atoms. The molecule has 0 aromatic carbocycles. The van der Waals surface area contributed by atoms with E-state index >= 15 is 0 Å². The molecule has 0 aromatic rings. The zero-order valence-corrected chi connectivity index (χ0v) is 56.6. The van der Waals surface area contributed by atoms with Gasteiger partial charge in [0.15, 0.2) is 0 Å². The lowest BCUT2D eigenvalue weighted by Gasteiger charge is -2.22. The minimum atomic E-state index is -0.663. The average Bonchev–Trinajstić information content (AvgIpc) is 3.51. The van der Waals surface area contributed by atoms with E-state index in [4.69, 9.17) is 4.74 Å². The first-order chi connectivity index (χ1) is 41.5. The predicted octanol–water partition coefficient (Wildman–Crippen LogP) is 24.8. The summed E-state index contributed by atoms with van der Waals surface area (Å²) in [6, 6.07) is -0.540. The molecule has 0 aliphatic carbocycles. The van der Waals surface area contributed by atoms with Crippen molar-refractivity contribution in [1.82, 2.24) is 5.32 Å². The summed E-state index contributed by atoms with van der Waals surface area (Å²) in [5, 5.41) is 23.4. The molecule has 0 spiro atoms. The van der Waals surface area contributed by atoms with Crippen molar-refractivity contribution in [3.05, 3.63) is 48.6 Å². The smallest absolute Gasteiger partial charge is 0.305 e. The summed E-state index contributed by atoms with van der Waals surface area (Å²) in [6.45, 7) is 4.95. The van der Waals surface area contributed by atoms with Crippen LogP contribution in [0.4, 0.5) is 0 Å². The lowest BCUT2D eigenvalue weighted by molar-refractivity contribution is -0.143. The summed E-state index contributed by atoms with van der Waals surface area (Å²) in [5.41, 5.74) is 0. The number of rotatable bonds is 71. The molecular weight excluding hydrogens is 1030 g/mol. The van der Waals surface area contributed by atoms with Gasteiger partial charge in [0.1, 0.15) is 0 Å². The van der Waals surface area contributed by atoms with Crippen LogP contribution < -0.4 is 5.32 Å². The molecule has 2 atom stereocenters. The average molecular weight is 1180 g/mol. The predicted molar refractivity (Wildman–Crippen MR) is 370 cm³/mol. The van der Waals surface area contributed by atoms with Gasteiger partial charge in [-0.1, -0.05) is 358 Å². The number of nitrogens with one attached hydrogen (secondary N) is 1. The largest absolute Gasteiger partial charge is 0.466 e. The van der Waals surface area contributed by atoms with Crippen molar-refractivity contribution in [3.63, 3.8) is 0 Å². The van der Waals surface area contributed by atoms with Gasteiger partial charge in [-0.3, -0.25) is 9.59 Å². The normalized spacial score (nSPS) is 12.8. The third-order valence-corrected chi connectivity index (χ3v) is 17.6. The van der Waals surface area contributed by atoms with Gasteiger partial charge in [-0.15, -0.1) is 0 Å². The van der Waals surface area contributed by atoms with Gasteiger partial charge in [0.05, 0.1) is 25.4 Å². The van der Waals surface area contributed by atoms with Crippen molar-refractivity contribution in [3.8, 4) is 0 Å². The van der Waals surface area contributed by atoms with E-state index in [2.05, 4.69) is 67.8 Å². The molecule has 6 nitrogen and oxygen atoms in total. The number of hydrogen-bond acceptors (Lipinski definition) is 5. The van der Waals surface area contributed by atoms with Crippen LogP contribution in [0.15, 0.2) is 48.6 Å². The molecule has 0 saturated carbocycles. The fraction of sp³-hybridized carbons (Fsp3) is 0.872. The minimum absolute atomic E-state index is 0.00297. The van der Waals surface area contributed by atoms with Crippen molar-refractivity contribution < 1.29 is 24.5 Å². The Bertz CT molecular complexity index is 1400. The molecule has 0 heterocycles. The summed E-state index contributed by atoms with van der Waals surface area (Å²) in [6.07, 6.45) is 96.1. The molecule has 0 saturated heterocycles. The molecule has 0 fully saturated rings. The molecule has 0 aliphatic rings. The topological polar surface area (TPSA) is 95.9 Å². The maximum absolute atomic E-state index is 12.5. The first-order valence-corrected chi connectivity index (χ1v) is 37.9. The highest BCUT2D eigenvalue weighted by Gasteiger charge is 2.20. The van der Waals surface area contributed by atoms with Crippen LogP contribution in [0.5, 0.6) is 0 Å². The molecule has 3 N–H and O–H groups in total. The van der Waals surface area contributed by atoms with Crippen LogP contribution in [0.2, 0.25) is 0 Å². The maximum atomic E-state index is 12.5. The summed E-state index contributed by atoms with van der Waals surface area (Å²) in [7, 11) is 0. The van der Waals surface area contributed by atoms with Gasteiger partial charge in [0.2, 0.25) is 5.91 Å². The summed E-state index contributed by atoms with van der Waals surface area (Å²) in [4.78, 5) is 24.6. The summed E-state index contributed by atoms with van der Waals surface area (Å²) >= 11 is 0. The number of allylic oxidation sites excluding steroid dienone is 8. The number of esters is 1. The monoisotopic (exact) mass is 1180 g/mol. The van der Waals surface area contributed by atoms with Gasteiger partial charge in [0, 0.05) is 12.8 Å². The van der Waals surface area contributed by atoms with Crippen LogP contribution in [-0.2, 0) is 14.3 Å². The van der Waals surface area contributed by atoms with Crippen molar-refractivity contribution in [2.24, 2.45) is 0 Å². The third kappa shape index (κ3) is 68.9. The Morgan fingerprint density at radius 2 is 0.595 bits per heavy atom. The zero-order valence-electron chi connectivity index (χ0n) is 56.6. The van der Waals surface area contributed by atoms with Gasteiger partial charge in [-0.2, -0.15) is 0 Å². The van der Waals surface area contributed by atoms with Crippen molar-refractivity contribution >= 4 is 11.9 Å². The second-order valence-electron chi connectivity index (χ2n) is 26.0. The fourth-order valence-electron chi connectivity index (χ4n) is 11.8. The summed E-state index contributed by atoms with van der Waals surface area (Å²) in [5.74, 6) is -0.0264. The fourth-order valence-corrected chi connectivity index (χ4v) is 11.8. The van der Waals surface area contributed by atoms with Gasteiger partial charge in [-0.25, -0.2) is 0 Å². The van der Waals surface area contributed by atoms with E-state index in [1.165, 1.54) is 321 Å². The second-order valence-corrected chi connectivity index (χ2v) is 26.0. The molecule has 0 aromatic heterocycles. The molecular formula is C78H147NO5. The number of aliphatic hydroxyl groups is 2. The van der Waals surface area contributed by atoms with Crippen molar-refractivity contribution in [2.75, 3.05) is 13.2 Å². The first-order valence-electron chi connectivity index (χ1n) is 37.9.